The van der Waals surface area contributed by atoms with Crippen molar-refractivity contribution in [3.05, 3.63) is 52.1 Å². The van der Waals surface area contributed by atoms with Crippen LogP contribution in [0.4, 0.5) is 5.69 Å². The van der Waals surface area contributed by atoms with Crippen LogP contribution in [0.5, 0.6) is 0 Å². The molecule has 0 aromatic heterocycles. The predicted octanol–water partition coefficient (Wildman–Crippen LogP) is 4.70. The maximum absolute atomic E-state index is 13.2. The molecule has 1 aliphatic rings. The van der Waals surface area contributed by atoms with Gasteiger partial charge < -0.3 is 0 Å². The Morgan fingerprint density at radius 2 is 1.19 bits per heavy atom. The van der Waals surface area contributed by atoms with Crippen LogP contribution in [-0.2, 0) is 20.0 Å². The quantitative estimate of drug-likeness (QED) is 0.675. The topological polar surface area (TPSA) is 83.5 Å². The Bertz CT molecular complexity index is 1190. The van der Waals surface area contributed by atoms with Gasteiger partial charge in [-0.25, -0.2) is 16.8 Å². The molecule has 6 nitrogen and oxygen atoms in total. The molecule has 1 heterocycles. The predicted molar refractivity (Wildman–Crippen MR) is 129 cm³/mol. The number of nitrogens with one attached hydrogen (secondary N) is 1. The summed E-state index contributed by atoms with van der Waals surface area (Å²) in [4.78, 5) is 0.460. The maximum Gasteiger partial charge on any atom is 0.262 e. The van der Waals surface area contributed by atoms with Gasteiger partial charge in [-0.15, -0.1) is 0 Å². The molecule has 0 radical (unpaired) electrons. The summed E-state index contributed by atoms with van der Waals surface area (Å²) in [6, 6.07) is 5.98. The van der Waals surface area contributed by atoms with Gasteiger partial charge in [-0.3, -0.25) is 4.72 Å². The normalized spacial score (nSPS) is 20.3. The van der Waals surface area contributed by atoms with E-state index in [1.807, 2.05) is 34.6 Å². The highest BCUT2D eigenvalue weighted by Crippen LogP contribution is 2.31. The van der Waals surface area contributed by atoms with Crippen molar-refractivity contribution in [3.8, 4) is 0 Å². The molecule has 2 aromatic rings. The van der Waals surface area contributed by atoms with Crippen LogP contribution in [0.3, 0.4) is 0 Å². The van der Waals surface area contributed by atoms with Crippen LogP contribution in [0.25, 0.3) is 0 Å². The standard InChI is InChI=1S/C24H34N2O4S2/c1-15-12-16(2)14-26(13-15)32(29,30)23-10-8-22(9-11-23)25-31(27,28)24-20(6)18(4)17(3)19(5)21(24)7/h8-11,15-16,25H,12-14H2,1-7H3. The molecular weight excluding hydrogens is 444 g/mol. The lowest BCUT2D eigenvalue weighted by molar-refractivity contribution is 0.222. The number of rotatable bonds is 5. The van der Waals surface area contributed by atoms with Gasteiger partial charge in [-0.1, -0.05) is 13.8 Å². The number of hydrogen-bond donors (Lipinski definition) is 1. The van der Waals surface area contributed by atoms with Gasteiger partial charge in [0.1, 0.15) is 0 Å². The molecule has 3 rings (SSSR count). The smallest absolute Gasteiger partial charge is 0.262 e. The first-order valence-corrected chi connectivity index (χ1v) is 13.9. The molecule has 32 heavy (non-hydrogen) atoms. The number of hydrogen-bond acceptors (Lipinski definition) is 4. The number of piperidine rings is 1. The van der Waals surface area contributed by atoms with Crippen molar-refractivity contribution in [2.75, 3.05) is 17.8 Å². The lowest BCUT2D eigenvalue weighted by Crippen LogP contribution is -2.42. The van der Waals surface area contributed by atoms with Gasteiger partial charge in [0.2, 0.25) is 10.0 Å². The zero-order valence-electron chi connectivity index (χ0n) is 20.0. The first kappa shape index (κ1) is 24.7. The summed E-state index contributed by atoms with van der Waals surface area (Å²) in [7, 11) is -7.44. The summed E-state index contributed by atoms with van der Waals surface area (Å²) < 4.78 is 56.8. The van der Waals surface area contributed by atoms with E-state index in [0.717, 1.165) is 34.2 Å². The van der Waals surface area contributed by atoms with Crippen LogP contribution in [0.2, 0.25) is 0 Å². The second-order valence-electron chi connectivity index (χ2n) is 9.35. The third-order valence-corrected chi connectivity index (χ3v) is 10.3. The zero-order valence-corrected chi connectivity index (χ0v) is 21.6. The number of anilines is 1. The molecular formula is C24H34N2O4S2. The number of sulfonamides is 2. The summed E-state index contributed by atoms with van der Waals surface area (Å²) in [5.41, 5.74) is 4.80. The van der Waals surface area contributed by atoms with Crippen LogP contribution < -0.4 is 4.72 Å². The molecule has 1 aliphatic heterocycles. The fourth-order valence-electron chi connectivity index (χ4n) is 4.72. The van der Waals surface area contributed by atoms with Crippen molar-refractivity contribution in [2.24, 2.45) is 11.8 Å². The van der Waals surface area contributed by atoms with Gasteiger partial charge in [0, 0.05) is 18.8 Å². The molecule has 0 bridgehead atoms. The van der Waals surface area contributed by atoms with E-state index >= 15 is 0 Å². The van der Waals surface area contributed by atoms with Gasteiger partial charge >= 0.3 is 0 Å². The number of benzene rings is 2. The average molecular weight is 479 g/mol. The first-order chi connectivity index (χ1) is 14.8. The molecule has 176 valence electrons. The molecule has 0 saturated carbocycles. The lowest BCUT2D eigenvalue weighted by atomic mass is 9.94. The fourth-order valence-corrected chi connectivity index (χ4v) is 8.06. The molecule has 2 atom stereocenters. The van der Waals surface area contributed by atoms with Gasteiger partial charge in [0.15, 0.2) is 0 Å². The third kappa shape index (κ3) is 4.58. The fraction of sp³-hybridized carbons (Fsp3) is 0.500. The Morgan fingerprint density at radius 3 is 1.66 bits per heavy atom. The van der Waals surface area contributed by atoms with E-state index in [0.29, 0.717) is 30.6 Å². The SMILES string of the molecule is Cc1c(C)c(C)c(S(=O)(=O)Nc2ccc(S(=O)(=O)N3CC(C)CC(C)C3)cc2)c(C)c1C. The highest BCUT2D eigenvalue weighted by atomic mass is 32.2. The van der Waals surface area contributed by atoms with Gasteiger partial charge in [-0.05, 0) is 105 Å². The van der Waals surface area contributed by atoms with E-state index in [4.69, 9.17) is 0 Å². The molecule has 0 amide bonds. The lowest BCUT2D eigenvalue weighted by Gasteiger charge is -2.34. The summed E-state index contributed by atoms with van der Waals surface area (Å²) >= 11 is 0. The molecule has 1 saturated heterocycles. The Balaban J connectivity index is 1.89. The highest BCUT2D eigenvalue weighted by Gasteiger charge is 2.31. The van der Waals surface area contributed by atoms with Crippen LogP contribution in [0.1, 0.15) is 48.1 Å². The van der Waals surface area contributed by atoms with Crippen molar-refractivity contribution in [2.45, 2.75) is 64.7 Å². The largest absolute Gasteiger partial charge is 0.280 e. The minimum Gasteiger partial charge on any atom is -0.280 e. The van der Waals surface area contributed by atoms with E-state index in [2.05, 4.69) is 18.6 Å². The number of nitrogens with zero attached hydrogens (tertiary/aromatic N) is 1. The summed E-state index contributed by atoms with van der Waals surface area (Å²) in [5, 5.41) is 0. The minimum atomic E-state index is -3.83. The van der Waals surface area contributed by atoms with Gasteiger partial charge in [0.05, 0.1) is 9.79 Å². The Labute approximate surface area is 193 Å². The third-order valence-electron chi connectivity index (χ3n) is 6.78. The van der Waals surface area contributed by atoms with Crippen LogP contribution in [0.15, 0.2) is 34.1 Å². The van der Waals surface area contributed by atoms with E-state index in [1.54, 1.807) is 0 Å². The van der Waals surface area contributed by atoms with Gasteiger partial charge in [0.25, 0.3) is 10.0 Å². The van der Waals surface area contributed by atoms with Crippen LogP contribution in [0, 0.1) is 46.5 Å². The molecule has 0 aliphatic carbocycles. The molecule has 0 spiro atoms. The zero-order chi connectivity index (χ0) is 24.0. The second kappa shape index (κ2) is 8.80. The second-order valence-corrected chi connectivity index (χ2v) is 12.9. The van der Waals surface area contributed by atoms with Crippen molar-refractivity contribution in [3.63, 3.8) is 0 Å². The molecule has 1 fully saturated rings. The van der Waals surface area contributed by atoms with E-state index in [9.17, 15) is 16.8 Å². The molecule has 1 N–H and O–H groups in total. The Morgan fingerprint density at radius 1 is 0.750 bits per heavy atom. The van der Waals surface area contributed by atoms with E-state index < -0.39 is 20.0 Å². The molecule has 8 heteroatoms. The Hall–Kier alpha value is -1.90. The van der Waals surface area contributed by atoms with Crippen molar-refractivity contribution >= 4 is 25.7 Å². The first-order valence-electron chi connectivity index (χ1n) is 11.0. The van der Waals surface area contributed by atoms with Crippen molar-refractivity contribution < 1.29 is 16.8 Å². The monoisotopic (exact) mass is 478 g/mol. The summed E-state index contributed by atoms with van der Waals surface area (Å²) in [5.74, 6) is 0.625. The maximum atomic E-state index is 13.2. The van der Waals surface area contributed by atoms with Crippen molar-refractivity contribution in [1.82, 2.24) is 4.31 Å². The van der Waals surface area contributed by atoms with Crippen molar-refractivity contribution in [1.29, 1.82) is 0 Å². The summed E-state index contributed by atoms with van der Waals surface area (Å²) in [6.45, 7) is 14.6. The van der Waals surface area contributed by atoms with Crippen LogP contribution >= 0.6 is 0 Å². The molecule has 2 aromatic carbocycles. The van der Waals surface area contributed by atoms with Gasteiger partial charge in [-0.2, -0.15) is 4.31 Å². The molecule has 2 unspecified atom stereocenters. The minimum absolute atomic E-state index is 0.177. The van der Waals surface area contributed by atoms with Crippen LogP contribution in [-0.4, -0.2) is 34.2 Å². The highest BCUT2D eigenvalue weighted by molar-refractivity contribution is 7.92. The Kier molecular flexibility index (Phi) is 6.80. The van der Waals surface area contributed by atoms with E-state index in [-0.39, 0.29) is 9.79 Å². The summed E-state index contributed by atoms with van der Waals surface area (Å²) in [6.07, 6.45) is 1.02. The average Bonchev–Trinajstić information content (AvgIpc) is 2.70. The van der Waals surface area contributed by atoms with E-state index in [1.165, 1.54) is 28.6 Å².